The molecule has 3 amide bonds. The van der Waals surface area contributed by atoms with E-state index >= 15 is 0 Å². The van der Waals surface area contributed by atoms with Gasteiger partial charge in [0.1, 0.15) is 0 Å². The summed E-state index contributed by atoms with van der Waals surface area (Å²) in [6.07, 6.45) is 6.70. The molecule has 0 unspecified atom stereocenters. The molecule has 154 valence electrons. The van der Waals surface area contributed by atoms with Gasteiger partial charge in [0.15, 0.2) is 0 Å². The lowest BCUT2D eigenvalue weighted by Gasteiger charge is -2.22. The van der Waals surface area contributed by atoms with Crippen LogP contribution in [0.2, 0.25) is 5.02 Å². The lowest BCUT2D eigenvalue weighted by Crippen LogP contribution is -2.39. The lowest BCUT2D eigenvalue weighted by molar-refractivity contribution is 0.0767. The highest BCUT2D eigenvalue weighted by Gasteiger charge is 2.25. The number of hydrogen-bond donors (Lipinski definition) is 1. The van der Waals surface area contributed by atoms with Crippen molar-refractivity contribution in [2.45, 2.75) is 38.5 Å². The van der Waals surface area contributed by atoms with Crippen molar-refractivity contribution in [1.82, 2.24) is 9.80 Å². The smallest absolute Gasteiger partial charge is 0.321 e. The predicted octanol–water partition coefficient (Wildman–Crippen LogP) is 5.05. The van der Waals surface area contributed by atoms with Crippen molar-refractivity contribution in [3.8, 4) is 0 Å². The van der Waals surface area contributed by atoms with Gasteiger partial charge in [-0.3, -0.25) is 4.79 Å². The second-order valence-electron chi connectivity index (χ2n) is 7.69. The maximum atomic E-state index is 13.1. The number of nitrogens with one attached hydrogen (secondary N) is 1. The number of fused-ring (bicyclic) bond motifs is 1. The first-order valence-electron chi connectivity index (χ1n) is 10.3. The van der Waals surface area contributed by atoms with Crippen LogP contribution in [-0.4, -0.2) is 47.9 Å². The van der Waals surface area contributed by atoms with Gasteiger partial charge in [0.2, 0.25) is 0 Å². The number of hydrogen-bond acceptors (Lipinski definition) is 3. The molecule has 0 bridgehead atoms. The molecule has 4 rings (SSSR count). The van der Waals surface area contributed by atoms with Gasteiger partial charge in [-0.1, -0.05) is 24.1 Å². The lowest BCUT2D eigenvalue weighted by atomic mass is 10.1. The van der Waals surface area contributed by atoms with E-state index in [1.54, 1.807) is 28.4 Å². The second-order valence-corrected chi connectivity index (χ2v) is 9.27. The Balaban J connectivity index is 1.37. The van der Waals surface area contributed by atoms with Crippen LogP contribution in [-0.2, 0) is 12.8 Å². The molecule has 1 aromatic carbocycles. The fraction of sp³-hybridized carbons (Fsp3) is 0.455. The van der Waals surface area contributed by atoms with E-state index in [1.807, 2.05) is 17.0 Å². The zero-order valence-corrected chi connectivity index (χ0v) is 18.0. The number of aryl methyl sites for hydroxylation is 2. The van der Waals surface area contributed by atoms with Gasteiger partial charge in [-0.25, -0.2) is 4.79 Å². The zero-order valence-electron chi connectivity index (χ0n) is 16.5. The van der Waals surface area contributed by atoms with Crippen LogP contribution in [0.1, 0.15) is 45.8 Å². The number of amides is 3. The first kappa shape index (κ1) is 20.2. The highest BCUT2D eigenvalue weighted by atomic mass is 35.5. The van der Waals surface area contributed by atoms with Crippen LogP contribution in [0.3, 0.4) is 0 Å². The SMILES string of the molecule is O=C(Nc1cccc(Cl)c1)N1CCCN(C(=O)c2cc3c(s2)CCCCC3)CC1. The fourth-order valence-electron chi connectivity index (χ4n) is 4.02. The van der Waals surface area contributed by atoms with Gasteiger partial charge < -0.3 is 15.1 Å². The monoisotopic (exact) mass is 431 g/mol. The third kappa shape index (κ3) is 4.93. The van der Waals surface area contributed by atoms with E-state index in [9.17, 15) is 9.59 Å². The minimum absolute atomic E-state index is 0.111. The largest absolute Gasteiger partial charge is 0.336 e. The molecule has 2 heterocycles. The predicted molar refractivity (Wildman–Crippen MR) is 118 cm³/mol. The van der Waals surface area contributed by atoms with E-state index < -0.39 is 0 Å². The van der Waals surface area contributed by atoms with Crippen molar-refractivity contribution in [2.24, 2.45) is 0 Å². The quantitative estimate of drug-likeness (QED) is 0.676. The number of anilines is 1. The van der Waals surface area contributed by atoms with Gasteiger partial charge in [0, 0.05) is 41.8 Å². The van der Waals surface area contributed by atoms with Crippen LogP contribution in [0.4, 0.5) is 10.5 Å². The number of benzene rings is 1. The number of halogens is 1. The van der Waals surface area contributed by atoms with E-state index in [4.69, 9.17) is 11.6 Å². The molecule has 7 heteroatoms. The number of carbonyl (C=O) groups is 2. The van der Waals surface area contributed by atoms with Gasteiger partial charge in [0.25, 0.3) is 5.91 Å². The van der Waals surface area contributed by atoms with Crippen LogP contribution in [0.15, 0.2) is 30.3 Å². The zero-order chi connectivity index (χ0) is 20.2. The summed E-state index contributed by atoms with van der Waals surface area (Å²) in [5.41, 5.74) is 2.05. The van der Waals surface area contributed by atoms with Gasteiger partial charge in [-0.05, 0) is 61.9 Å². The minimum Gasteiger partial charge on any atom is -0.336 e. The number of rotatable bonds is 2. The van der Waals surface area contributed by atoms with Crippen molar-refractivity contribution in [3.05, 3.63) is 50.7 Å². The molecule has 1 fully saturated rings. The van der Waals surface area contributed by atoms with Crippen molar-refractivity contribution in [1.29, 1.82) is 0 Å². The van der Waals surface area contributed by atoms with E-state index in [0.717, 1.165) is 24.1 Å². The summed E-state index contributed by atoms with van der Waals surface area (Å²) in [5, 5.41) is 3.48. The molecule has 5 nitrogen and oxygen atoms in total. The Morgan fingerprint density at radius 1 is 0.931 bits per heavy atom. The average molecular weight is 432 g/mol. The fourth-order valence-corrected chi connectivity index (χ4v) is 5.43. The summed E-state index contributed by atoms with van der Waals surface area (Å²) in [6, 6.07) is 9.10. The summed E-state index contributed by atoms with van der Waals surface area (Å²) >= 11 is 7.66. The van der Waals surface area contributed by atoms with Crippen LogP contribution in [0, 0.1) is 0 Å². The van der Waals surface area contributed by atoms with Crippen molar-refractivity contribution in [3.63, 3.8) is 0 Å². The number of thiophene rings is 1. The standard InChI is InChI=1S/C22H26ClN3O2S/c23-17-7-4-8-18(15-17)24-22(28)26-11-5-10-25(12-13-26)21(27)20-14-16-6-2-1-3-9-19(16)29-20/h4,7-8,14-15H,1-3,5-6,9-13H2,(H,24,28). The topological polar surface area (TPSA) is 52.7 Å². The van der Waals surface area contributed by atoms with Crippen LogP contribution >= 0.6 is 22.9 Å². The Morgan fingerprint density at radius 3 is 2.59 bits per heavy atom. The molecular formula is C22H26ClN3O2S. The first-order chi connectivity index (χ1) is 14.1. The van der Waals surface area contributed by atoms with E-state index in [0.29, 0.717) is 36.9 Å². The van der Waals surface area contributed by atoms with Gasteiger partial charge in [-0.15, -0.1) is 11.3 Å². The third-order valence-corrected chi connectivity index (χ3v) is 7.06. The molecule has 29 heavy (non-hydrogen) atoms. The Kier molecular flexibility index (Phi) is 6.40. The number of nitrogens with zero attached hydrogens (tertiary/aromatic N) is 2. The summed E-state index contributed by atoms with van der Waals surface area (Å²) in [5.74, 6) is 0.111. The van der Waals surface area contributed by atoms with Crippen LogP contribution in [0.5, 0.6) is 0 Å². The van der Waals surface area contributed by atoms with E-state index in [1.165, 1.54) is 29.7 Å². The van der Waals surface area contributed by atoms with E-state index in [-0.39, 0.29) is 11.9 Å². The summed E-state index contributed by atoms with van der Waals surface area (Å²) in [7, 11) is 0. The molecule has 2 aromatic rings. The first-order valence-corrected chi connectivity index (χ1v) is 11.5. The van der Waals surface area contributed by atoms with Crippen molar-refractivity contribution in [2.75, 3.05) is 31.5 Å². The molecule has 2 aliphatic rings. The Hall–Kier alpha value is -2.05. The molecule has 1 aromatic heterocycles. The number of urea groups is 1. The molecule has 0 radical (unpaired) electrons. The van der Waals surface area contributed by atoms with Gasteiger partial charge >= 0.3 is 6.03 Å². The molecule has 0 atom stereocenters. The maximum Gasteiger partial charge on any atom is 0.321 e. The summed E-state index contributed by atoms with van der Waals surface area (Å²) in [6.45, 7) is 2.41. The molecule has 1 saturated heterocycles. The minimum atomic E-state index is -0.149. The normalized spacial score (nSPS) is 17.3. The average Bonchev–Trinajstić information content (AvgIpc) is 2.88. The Bertz CT molecular complexity index is 874. The summed E-state index contributed by atoms with van der Waals surface area (Å²) < 4.78 is 0. The number of carbonyl (C=O) groups excluding carboxylic acids is 2. The molecule has 1 N–H and O–H groups in total. The molecule has 1 aliphatic heterocycles. The van der Waals surface area contributed by atoms with Gasteiger partial charge in [-0.2, -0.15) is 0 Å². The van der Waals surface area contributed by atoms with Gasteiger partial charge in [0.05, 0.1) is 4.88 Å². The van der Waals surface area contributed by atoms with Crippen molar-refractivity contribution < 1.29 is 9.59 Å². The Labute approximate surface area is 180 Å². The summed E-state index contributed by atoms with van der Waals surface area (Å²) in [4.78, 5) is 31.6. The highest BCUT2D eigenvalue weighted by Crippen LogP contribution is 2.30. The second kappa shape index (κ2) is 9.18. The van der Waals surface area contributed by atoms with Crippen molar-refractivity contribution >= 4 is 40.6 Å². The Morgan fingerprint density at radius 2 is 1.72 bits per heavy atom. The molecule has 0 saturated carbocycles. The van der Waals surface area contributed by atoms with E-state index in [2.05, 4.69) is 11.4 Å². The molecule has 1 aliphatic carbocycles. The maximum absolute atomic E-state index is 13.1. The molecular weight excluding hydrogens is 406 g/mol. The molecule has 0 spiro atoms. The van der Waals surface area contributed by atoms with Crippen LogP contribution in [0.25, 0.3) is 0 Å². The third-order valence-electron chi connectivity index (χ3n) is 5.60. The highest BCUT2D eigenvalue weighted by molar-refractivity contribution is 7.14. The van der Waals surface area contributed by atoms with Crippen LogP contribution < -0.4 is 5.32 Å².